The average Bonchev–Trinajstić information content (AvgIpc) is 3.11. The van der Waals surface area contributed by atoms with E-state index < -0.39 is 6.04 Å². The lowest BCUT2D eigenvalue weighted by Gasteiger charge is -2.36. The Balaban J connectivity index is 1.92. The fraction of sp³-hybridized carbons (Fsp3) is 0.923. The van der Waals surface area contributed by atoms with Crippen molar-refractivity contribution in [2.75, 3.05) is 6.61 Å². The lowest BCUT2D eigenvalue weighted by molar-refractivity contribution is -0.149. The highest BCUT2D eigenvalue weighted by atomic mass is 16.5. The molecule has 1 saturated carbocycles. The number of carbonyl (C=O) groups is 1. The Kier molecular flexibility index (Phi) is 4.05. The summed E-state index contributed by atoms with van der Waals surface area (Å²) in [5, 5.41) is 0. The Morgan fingerprint density at radius 2 is 2.18 bits per heavy atom. The normalized spacial score (nSPS) is 35.4. The van der Waals surface area contributed by atoms with E-state index in [4.69, 9.17) is 15.2 Å². The molecule has 98 valence electrons. The van der Waals surface area contributed by atoms with E-state index in [0.717, 1.165) is 12.8 Å². The van der Waals surface area contributed by atoms with E-state index in [9.17, 15) is 4.79 Å². The number of carbonyl (C=O) groups excluding carboxylic acids is 1. The molecular weight excluding hydrogens is 218 g/mol. The summed E-state index contributed by atoms with van der Waals surface area (Å²) in [6.07, 6.45) is 4.82. The summed E-state index contributed by atoms with van der Waals surface area (Å²) in [7, 11) is 0. The lowest BCUT2D eigenvalue weighted by Crippen LogP contribution is -2.46. The lowest BCUT2D eigenvalue weighted by atomic mass is 9.85. The molecule has 17 heavy (non-hydrogen) atoms. The van der Waals surface area contributed by atoms with Gasteiger partial charge < -0.3 is 15.2 Å². The van der Waals surface area contributed by atoms with Gasteiger partial charge in [-0.25, -0.2) is 0 Å². The van der Waals surface area contributed by atoms with Crippen LogP contribution in [0.5, 0.6) is 0 Å². The van der Waals surface area contributed by atoms with E-state index in [-0.39, 0.29) is 18.0 Å². The van der Waals surface area contributed by atoms with Crippen molar-refractivity contribution in [2.24, 2.45) is 17.6 Å². The number of esters is 1. The fourth-order valence-electron chi connectivity index (χ4n) is 2.73. The van der Waals surface area contributed by atoms with Crippen molar-refractivity contribution in [3.05, 3.63) is 0 Å². The van der Waals surface area contributed by atoms with Crippen molar-refractivity contribution in [1.29, 1.82) is 0 Å². The van der Waals surface area contributed by atoms with Crippen LogP contribution in [0, 0.1) is 11.8 Å². The van der Waals surface area contributed by atoms with Crippen molar-refractivity contribution < 1.29 is 14.3 Å². The highest BCUT2D eigenvalue weighted by Crippen LogP contribution is 2.41. The summed E-state index contributed by atoms with van der Waals surface area (Å²) in [6.45, 7) is 4.28. The van der Waals surface area contributed by atoms with Crippen LogP contribution in [0.15, 0.2) is 0 Å². The summed E-state index contributed by atoms with van der Waals surface area (Å²) < 4.78 is 10.9. The van der Waals surface area contributed by atoms with Crippen LogP contribution in [0.3, 0.4) is 0 Å². The molecule has 1 heterocycles. The van der Waals surface area contributed by atoms with Crippen LogP contribution in [-0.4, -0.2) is 30.8 Å². The van der Waals surface area contributed by atoms with Crippen LogP contribution in [0.2, 0.25) is 0 Å². The van der Waals surface area contributed by atoms with Crippen molar-refractivity contribution in [3.8, 4) is 0 Å². The Bertz CT molecular complexity index is 278. The van der Waals surface area contributed by atoms with Gasteiger partial charge in [0.1, 0.15) is 6.04 Å². The molecule has 0 amide bonds. The first kappa shape index (κ1) is 12.8. The van der Waals surface area contributed by atoms with Crippen molar-refractivity contribution in [3.63, 3.8) is 0 Å². The van der Waals surface area contributed by atoms with Gasteiger partial charge in [0, 0.05) is 0 Å². The van der Waals surface area contributed by atoms with Gasteiger partial charge in [0.15, 0.2) is 0 Å². The number of nitrogens with two attached hydrogens (primary N) is 1. The zero-order valence-corrected chi connectivity index (χ0v) is 10.7. The molecule has 4 unspecified atom stereocenters. The first-order valence-electron chi connectivity index (χ1n) is 6.69. The molecule has 1 aliphatic carbocycles. The molecule has 4 heteroatoms. The van der Waals surface area contributed by atoms with Gasteiger partial charge in [-0.3, -0.25) is 4.79 Å². The monoisotopic (exact) mass is 241 g/mol. The van der Waals surface area contributed by atoms with Gasteiger partial charge in [-0.05, 0) is 51.4 Å². The first-order valence-corrected chi connectivity index (χ1v) is 6.69. The molecule has 0 radical (unpaired) electrons. The molecule has 0 bridgehead atoms. The maximum atomic E-state index is 11.7. The van der Waals surface area contributed by atoms with Crippen LogP contribution in [0.4, 0.5) is 0 Å². The van der Waals surface area contributed by atoms with Gasteiger partial charge in [-0.15, -0.1) is 0 Å². The predicted molar refractivity (Wildman–Crippen MR) is 64.4 cm³/mol. The molecule has 0 spiro atoms. The molecule has 2 aliphatic rings. The Hall–Kier alpha value is -0.610. The molecular formula is C13H23NO3. The van der Waals surface area contributed by atoms with Crippen LogP contribution in [-0.2, 0) is 14.3 Å². The van der Waals surface area contributed by atoms with Crippen molar-refractivity contribution in [2.45, 2.75) is 57.8 Å². The standard InChI is InChI=1S/C13H23NO3/c1-3-16-13(15)12(14)10-6-8(2)17-11(7-10)9-4-5-9/h8-12H,3-7,14H2,1-2H3. The maximum absolute atomic E-state index is 11.7. The summed E-state index contributed by atoms with van der Waals surface area (Å²) in [5.41, 5.74) is 5.99. The molecule has 2 fully saturated rings. The number of rotatable bonds is 4. The minimum atomic E-state index is -0.484. The predicted octanol–water partition coefficient (Wildman–Crippen LogP) is 1.47. The highest BCUT2D eigenvalue weighted by Gasteiger charge is 2.41. The fourth-order valence-corrected chi connectivity index (χ4v) is 2.73. The maximum Gasteiger partial charge on any atom is 0.323 e. The average molecular weight is 241 g/mol. The quantitative estimate of drug-likeness (QED) is 0.757. The van der Waals surface area contributed by atoms with Gasteiger partial charge in [-0.2, -0.15) is 0 Å². The minimum Gasteiger partial charge on any atom is -0.465 e. The topological polar surface area (TPSA) is 61.5 Å². The van der Waals surface area contributed by atoms with Crippen LogP contribution in [0.1, 0.15) is 39.5 Å². The van der Waals surface area contributed by atoms with Crippen molar-refractivity contribution in [1.82, 2.24) is 0 Å². The van der Waals surface area contributed by atoms with Gasteiger partial charge in [-0.1, -0.05) is 0 Å². The van der Waals surface area contributed by atoms with E-state index in [1.54, 1.807) is 0 Å². The largest absolute Gasteiger partial charge is 0.465 e. The molecule has 1 aliphatic heterocycles. The smallest absolute Gasteiger partial charge is 0.323 e. The minimum absolute atomic E-state index is 0.208. The third-order valence-corrected chi connectivity index (χ3v) is 3.79. The summed E-state index contributed by atoms with van der Waals surface area (Å²) >= 11 is 0. The second-order valence-corrected chi connectivity index (χ2v) is 5.33. The van der Waals surface area contributed by atoms with E-state index in [0.29, 0.717) is 18.6 Å². The third-order valence-electron chi connectivity index (χ3n) is 3.79. The van der Waals surface area contributed by atoms with E-state index >= 15 is 0 Å². The van der Waals surface area contributed by atoms with Crippen LogP contribution in [0.25, 0.3) is 0 Å². The summed E-state index contributed by atoms with van der Waals surface area (Å²) in [5.74, 6) is 0.652. The van der Waals surface area contributed by atoms with Gasteiger partial charge in [0.05, 0.1) is 18.8 Å². The zero-order chi connectivity index (χ0) is 12.4. The molecule has 0 aromatic carbocycles. The second kappa shape index (κ2) is 5.36. The zero-order valence-electron chi connectivity index (χ0n) is 10.7. The molecule has 2 rings (SSSR count). The highest BCUT2D eigenvalue weighted by molar-refractivity contribution is 5.75. The van der Waals surface area contributed by atoms with E-state index in [2.05, 4.69) is 6.92 Å². The number of ether oxygens (including phenoxy) is 2. The van der Waals surface area contributed by atoms with E-state index in [1.165, 1.54) is 12.8 Å². The van der Waals surface area contributed by atoms with Crippen LogP contribution < -0.4 is 5.73 Å². The summed E-state index contributed by atoms with van der Waals surface area (Å²) in [6, 6.07) is -0.484. The Labute approximate surface area is 103 Å². The molecule has 1 saturated heterocycles. The SMILES string of the molecule is CCOC(=O)C(N)C1CC(C)OC(C2CC2)C1. The van der Waals surface area contributed by atoms with Gasteiger partial charge in [0.25, 0.3) is 0 Å². The van der Waals surface area contributed by atoms with Crippen LogP contribution >= 0.6 is 0 Å². The molecule has 0 aromatic rings. The first-order chi connectivity index (χ1) is 8.11. The molecule has 4 nitrogen and oxygen atoms in total. The molecule has 0 aromatic heterocycles. The second-order valence-electron chi connectivity index (χ2n) is 5.33. The number of hydrogen-bond donors (Lipinski definition) is 1. The molecule has 2 N–H and O–H groups in total. The number of hydrogen-bond acceptors (Lipinski definition) is 4. The Morgan fingerprint density at radius 3 is 2.76 bits per heavy atom. The summed E-state index contributed by atoms with van der Waals surface area (Å²) in [4.78, 5) is 11.7. The van der Waals surface area contributed by atoms with Crippen molar-refractivity contribution >= 4 is 5.97 Å². The third kappa shape index (κ3) is 3.19. The van der Waals surface area contributed by atoms with Gasteiger partial charge >= 0.3 is 5.97 Å². The molecule has 4 atom stereocenters. The van der Waals surface area contributed by atoms with E-state index in [1.807, 2.05) is 6.92 Å². The van der Waals surface area contributed by atoms with Gasteiger partial charge in [0.2, 0.25) is 0 Å². The Morgan fingerprint density at radius 1 is 1.47 bits per heavy atom.